The van der Waals surface area contributed by atoms with Gasteiger partial charge < -0.3 is 5.73 Å². The third-order valence-electron chi connectivity index (χ3n) is 1.25. The SMILES string of the molecule is CC(N)CCCSC(C)C. The molecule has 0 aromatic heterocycles. The smallest absolute Gasteiger partial charge is 0.00107 e. The third kappa shape index (κ3) is 8.31. The predicted molar refractivity (Wildman–Crippen MR) is 50.5 cm³/mol. The Labute approximate surface area is 68.8 Å². The molecule has 0 heterocycles. The summed E-state index contributed by atoms with van der Waals surface area (Å²) in [7, 11) is 0. The Morgan fingerprint density at radius 1 is 1.30 bits per heavy atom. The minimum Gasteiger partial charge on any atom is -0.328 e. The average Bonchev–Trinajstić information content (AvgIpc) is 1.79. The van der Waals surface area contributed by atoms with Crippen LogP contribution in [0.4, 0.5) is 0 Å². The molecule has 0 saturated heterocycles. The van der Waals surface area contributed by atoms with E-state index in [2.05, 4.69) is 20.8 Å². The van der Waals surface area contributed by atoms with E-state index in [0.717, 1.165) is 5.25 Å². The van der Waals surface area contributed by atoms with Crippen molar-refractivity contribution in [2.45, 2.75) is 44.9 Å². The fourth-order valence-electron chi connectivity index (χ4n) is 0.724. The standard InChI is InChI=1S/C8H19NS/c1-7(2)10-6-4-5-8(3)9/h7-8H,4-6,9H2,1-3H3. The van der Waals surface area contributed by atoms with Crippen molar-refractivity contribution < 1.29 is 0 Å². The van der Waals surface area contributed by atoms with E-state index in [1.807, 2.05) is 11.8 Å². The van der Waals surface area contributed by atoms with Crippen LogP contribution in [0, 0.1) is 0 Å². The van der Waals surface area contributed by atoms with Crippen LogP contribution < -0.4 is 5.73 Å². The van der Waals surface area contributed by atoms with Gasteiger partial charge in [0, 0.05) is 6.04 Å². The number of hydrogen-bond acceptors (Lipinski definition) is 2. The van der Waals surface area contributed by atoms with Gasteiger partial charge in [-0.25, -0.2) is 0 Å². The maximum absolute atomic E-state index is 5.60. The predicted octanol–water partition coefficient (Wildman–Crippen LogP) is 2.26. The molecule has 0 amide bonds. The highest BCUT2D eigenvalue weighted by molar-refractivity contribution is 7.99. The lowest BCUT2D eigenvalue weighted by atomic mass is 10.2. The summed E-state index contributed by atoms with van der Waals surface area (Å²) in [6.45, 7) is 6.53. The molecule has 0 radical (unpaired) electrons. The van der Waals surface area contributed by atoms with Crippen molar-refractivity contribution in [1.29, 1.82) is 0 Å². The maximum Gasteiger partial charge on any atom is 0.00107 e. The zero-order valence-corrected chi connectivity index (χ0v) is 8.08. The minimum atomic E-state index is 0.382. The van der Waals surface area contributed by atoms with Gasteiger partial charge in [0.2, 0.25) is 0 Å². The summed E-state index contributed by atoms with van der Waals surface area (Å²) in [5, 5.41) is 0.771. The largest absolute Gasteiger partial charge is 0.328 e. The van der Waals surface area contributed by atoms with Crippen LogP contribution in [0.1, 0.15) is 33.6 Å². The van der Waals surface area contributed by atoms with E-state index in [-0.39, 0.29) is 0 Å². The van der Waals surface area contributed by atoms with Gasteiger partial charge in [0.15, 0.2) is 0 Å². The number of rotatable bonds is 5. The van der Waals surface area contributed by atoms with E-state index >= 15 is 0 Å². The Morgan fingerprint density at radius 3 is 2.30 bits per heavy atom. The Hall–Kier alpha value is 0.310. The van der Waals surface area contributed by atoms with E-state index < -0.39 is 0 Å². The molecule has 0 rings (SSSR count). The monoisotopic (exact) mass is 161 g/mol. The minimum absolute atomic E-state index is 0.382. The van der Waals surface area contributed by atoms with Crippen molar-refractivity contribution in [3.8, 4) is 0 Å². The third-order valence-corrected chi connectivity index (χ3v) is 2.45. The Balaban J connectivity index is 2.91. The maximum atomic E-state index is 5.60. The molecule has 2 N–H and O–H groups in total. The Kier molecular flexibility index (Phi) is 6.24. The second-order valence-electron chi connectivity index (χ2n) is 3.04. The molecule has 1 unspecified atom stereocenters. The first-order valence-corrected chi connectivity index (χ1v) is 5.05. The number of hydrogen-bond donors (Lipinski definition) is 1. The first kappa shape index (κ1) is 10.3. The summed E-state index contributed by atoms with van der Waals surface area (Å²) in [6, 6.07) is 0.382. The molecule has 0 aliphatic rings. The fraction of sp³-hybridized carbons (Fsp3) is 1.00. The van der Waals surface area contributed by atoms with E-state index in [1.54, 1.807) is 0 Å². The first-order valence-electron chi connectivity index (χ1n) is 4.00. The molecule has 0 aromatic carbocycles. The molecular formula is C8H19NS. The zero-order chi connectivity index (χ0) is 7.98. The van der Waals surface area contributed by atoms with Gasteiger partial charge in [-0.05, 0) is 30.8 Å². The second kappa shape index (κ2) is 6.05. The fourth-order valence-corrected chi connectivity index (χ4v) is 1.53. The van der Waals surface area contributed by atoms with Crippen LogP contribution in [-0.4, -0.2) is 17.0 Å². The summed E-state index contributed by atoms with van der Waals surface area (Å²) in [5.74, 6) is 1.26. The van der Waals surface area contributed by atoms with Crippen LogP contribution >= 0.6 is 11.8 Å². The lowest BCUT2D eigenvalue weighted by Gasteiger charge is -2.05. The molecular weight excluding hydrogens is 142 g/mol. The summed E-state index contributed by atoms with van der Waals surface area (Å²) < 4.78 is 0. The van der Waals surface area contributed by atoms with Crippen molar-refractivity contribution in [2.24, 2.45) is 5.73 Å². The molecule has 10 heavy (non-hydrogen) atoms. The van der Waals surface area contributed by atoms with Crippen LogP contribution in [0.25, 0.3) is 0 Å². The first-order chi connectivity index (χ1) is 4.63. The van der Waals surface area contributed by atoms with Crippen molar-refractivity contribution in [1.82, 2.24) is 0 Å². The molecule has 62 valence electrons. The van der Waals surface area contributed by atoms with E-state index in [0.29, 0.717) is 6.04 Å². The van der Waals surface area contributed by atoms with Gasteiger partial charge in [0.05, 0.1) is 0 Å². The molecule has 0 aromatic rings. The van der Waals surface area contributed by atoms with Gasteiger partial charge in [-0.3, -0.25) is 0 Å². The normalized spacial score (nSPS) is 14.1. The summed E-state index contributed by atoms with van der Waals surface area (Å²) in [6.07, 6.45) is 2.43. The second-order valence-corrected chi connectivity index (χ2v) is 4.72. The quantitative estimate of drug-likeness (QED) is 0.626. The van der Waals surface area contributed by atoms with Gasteiger partial charge in [-0.1, -0.05) is 13.8 Å². The van der Waals surface area contributed by atoms with Gasteiger partial charge >= 0.3 is 0 Å². The highest BCUT2D eigenvalue weighted by Crippen LogP contribution is 2.11. The van der Waals surface area contributed by atoms with E-state index in [4.69, 9.17) is 5.73 Å². The molecule has 0 spiro atoms. The topological polar surface area (TPSA) is 26.0 Å². The van der Waals surface area contributed by atoms with Gasteiger partial charge in [0.1, 0.15) is 0 Å². The van der Waals surface area contributed by atoms with Gasteiger partial charge in [-0.15, -0.1) is 0 Å². The van der Waals surface area contributed by atoms with Crippen molar-refractivity contribution in [3.05, 3.63) is 0 Å². The molecule has 1 atom stereocenters. The number of nitrogens with two attached hydrogens (primary N) is 1. The molecule has 0 aliphatic heterocycles. The lowest BCUT2D eigenvalue weighted by molar-refractivity contribution is 0.656. The van der Waals surface area contributed by atoms with Crippen LogP contribution in [0.5, 0.6) is 0 Å². The summed E-state index contributed by atoms with van der Waals surface area (Å²) >= 11 is 2.02. The van der Waals surface area contributed by atoms with Crippen LogP contribution in [0.2, 0.25) is 0 Å². The Bertz CT molecular complexity index is 61.7. The summed E-state index contributed by atoms with van der Waals surface area (Å²) in [4.78, 5) is 0. The summed E-state index contributed by atoms with van der Waals surface area (Å²) in [5.41, 5.74) is 5.60. The van der Waals surface area contributed by atoms with Crippen molar-refractivity contribution in [2.75, 3.05) is 5.75 Å². The zero-order valence-electron chi connectivity index (χ0n) is 7.26. The highest BCUT2D eigenvalue weighted by atomic mass is 32.2. The molecule has 0 bridgehead atoms. The van der Waals surface area contributed by atoms with Crippen molar-refractivity contribution in [3.63, 3.8) is 0 Å². The van der Waals surface area contributed by atoms with Gasteiger partial charge in [0.25, 0.3) is 0 Å². The molecule has 0 fully saturated rings. The Morgan fingerprint density at radius 2 is 1.90 bits per heavy atom. The molecule has 0 aliphatic carbocycles. The van der Waals surface area contributed by atoms with E-state index in [9.17, 15) is 0 Å². The molecule has 2 heteroatoms. The van der Waals surface area contributed by atoms with Gasteiger partial charge in [-0.2, -0.15) is 11.8 Å². The molecule has 1 nitrogen and oxygen atoms in total. The van der Waals surface area contributed by atoms with Crippen LogP contribution in [-0.2, 0) is 0 Å². The van der Waals surface area contributed by atoms with E-state index in [1.165, 1.54) is 18.6 Å². The number of thioether (sulfide) groups is 1. The highest BCUT2D eigenvalue weighted by Gasteiger charge is 1.96. The van der Waals surface area contributed by atoms with Crippen LogP contribution in [0.15, 0.2) is 0 Å². The average molecular weight is 161 g/mol. The molecule has 0 saturated carbocycles. The lowest BCUT2D eigenvalue weighted by Crippen LogP contribution is -2.14. The van der Waals surface area contributed by atoms with Crippen LogP contribution in [0.3, 0.4) is 0 Å². The van der Waals surface area contributed by atoms with Crippen molar-refractivity contribution >= 4 is 11.8 Å².